The van der Waals surface area contributed by atoms with Crippen LogP contribution in [0.2, 0.25) is 0 Å². The molecule has 1 aromatic carbocycles. The maximum atomic E-state index is 11.9. The molecule has 0 saturated heterocycles. The number of carboxylic acids is 1. The van der Waals surface area contributed by atoms with Crippen molar-refractivity contribution in [1.29, 1.82) is 0 Å². The van der Waals surface area contributed by atoms with E-state index in [1.807, 2.05) is 0 Å². The summed E-state index contributed by atoms with van der Waals surface area (Å²) in [6, 6.07) is 8.22. The summed E-state index contributed by atoms with van der Waals surface area (Å²) in [7, 11) is 0. The topological polar surface area (TPSA) is 117 Å². The van der Waals surface area contributed by atoms with Crippen molar-refractivity contribution < 1.29 is 19.5 Å². The van der Waals surface area contributed by atoms with Gasteiger partial charge in [0.15, 0.2) is 0 Å². The second kappa shape index (κ2) is 5.27. The number of nitrogens with one attached hydrogen (secondary N) is 1. The summed E-state index contributed by atoms with van der Waals surface area (Å²) in [6.45, 7) is 0. The number of hydrogen-bond donors (Lipinski definition) is 2. The first-order valence-corrected chi connectivity index (χ1v) is 5.59. The molecular formula is C13H10N3O4-. The van der Waals surface area contributed by atoms with E-state index < -0.39 is 17.8 Å². The van der Waals surface area contributed by atoms with Crippen LogP contribution in [0.4, 0.5) is 0 Å². The normalized spacial score (nSPS) is 10.0. The Morgan fingerprint density at radius 1 is 1.05 bits per heavy atom. The van der Waals surface area contributed by atoms with Crippen LogP contribution in [0.3, 0.4) is 0 Å². The van der Waals surface area contributed by atoms with E-state index in [-0.39, 0.29) is 16.8 Å². The minimum absolute atomic E-state index is 0.0275. The van der Waals surface area contributed by atoms with Crippen LogP contribution in [0.25, 0.3) is 0 Å². The maximum absolute atomic E-state index is 11.9. The third-order valence-electron chi connectivity index (χ3n) is 2.61. The highest BCUT2D eigenvalue weighted by atomic mass is 16.4. The molecule has 0 aliphatic carbocycles. The number of hydrogen-bond acceptors (Lipinski definition) is 4. The fourth-order valence-electron chi connectivity index (χ4n) is 1.61. The first-order valence-electron chi connectivity index (χ1n) is 5.59. The smallest absolute Gasteiger partial charge is 0.270 e. The van der Waals surface area contributed by atoms with Gasteiger partial charge in [0.25, 0.3) is 11.8 Å². The van der Waals surface area contributed by atoms with Crippen LogP contribution in [0.5, 0.6) is 0 Å². The number of primary amides is 1. The predicted octanol–water partition coefficient (Wildman–Crippen LogP) is -0.666. The zero-order chi connectivity index (χ0) is 14.7. The standard InChI is InChI=1S/C13H11N3O4/c14-11(17)10-2-1-7-16(10)15-12(18)8-3-5-9(6-4-8)13(19)20/h1-7H,(H2,14,17)(H,15,18)(H,19,20)/p-1. The Morgan fingerprint density at radius 2 is 1.65 bits per heavy atom. The Morgan fingerprint density at radius 3 is 2.20 bits per heavy atom. The van der Waals surface area contributed by atoms with Crippen LogP contribution < -0.4 is 16.3 Å². The molecule has 0 aliphatic rings. The van der Waals surface area contributed by atoms with Gasteiger partial charge < -0.3 is 15.6 Å². The maximum Gasteiger partial charge on any atom is 0.270 e. The fraction of sp³-hybridized carbons (Fsp3) is 0. The molecule has 0 unspecified atom stereocenters. The van der Waals surface area contributed by atoms with Gasteiger partial charge >= 0.3 is 0 Å². The van der Waals surface area contributed by atoms with E-state index in [4.69, 9.17) is 5.73 Å². The molecule has 3 N–H and O–H groups in total. The molecule has 20 heavy (non-hydrogen) atoms. The van der Waals surface area contributed by atoms with Gasteiger partial charge in [0.1, 0.15) is 5.69 Å². The summed E-state index contributed by atoms with van der Waals surface area (Å²) in [5.41, 5.74) is 7.93. The Balaban J connectivity index is 2.17. The van der Waals surface area contributed by atoms with Gasteiger partial charge in [-0.05, 0) is 29.8 Å². The van der Waals surface area contributed by atoms with Crippen LogP contribution >= 0.6 is 0 Å². The number of benzene rings is 1. The van der Waals surface area contributed by atoms with Crippen molar-refractivity contribution >= 4 is 17.8 Å². The van der Waals surface area contributed by atoms with Crippen molar-refractivity contribution in [2.75, 3.05) is 5.43 Å². The third kappa shape index (κ3) is 2.66. The van der Waals surface area contributed by atoms with Gasteiger partial charge in [-0.1, -0.05) is 12.1 Å². The monoisotopic (exact) mass is 272 g/mol. The van der Waals surface area contributed by atoms with E-state index >= 15 is 0 Å². The molecule has 0 radical (unpaired) electrons. The van der Waals surface area contributed by atoms with Gasteiger partial charge in [0.05, 0.1) is 5.97 Å². The number of carbonyl (C=O) groups excluding carboxylic acids is 3. The summed E-state index contributed by atoms with van der Waals surface area (Å²) in [5.74, 6) is -2.51. The number of rotatable bonds is 4. The molecule has 0 atom stereocenters. The summed E-state index contributed by atoms with van der Waals surface area (Å²) >= 11 is 0. The van der Waals surface area contributed by atoms with Gasteiger partial charge in [-0.2, -0.15) is 0 Å². The lowest BCUT2D eigenvalue weighted by Gasteiger charge is -2.09. The molecule has 1 heterocycles. The Bertz CT molecular complexity index is 673. The number of nitrogens with two attached hydrogens (primary N) is 1. The van der Waals surface area contributed by atoms with Crippen molar-refractivity contribution in [3.63, 3.8) is 0 Å². The van der Waals surface area contributed by atoms with Gasteiger partial charge in [-0.15, -0.1) is 0 Å². The highest BCUT2D eigenvalue weighted by molar-refractivity contribution is 6.01. The molecule has 7 nitrogen and oxygen atoms in total. The van der Waals surface area contributed by atoms with Crippen LogP contribution in [0.15, 0.2) is 42.6 Å². The highest BCUT2D eigenvalue weighted by Gasteiger charge is 2.10. The molecule has 1 aromatic heterocycles. The zero-order valence-corrected chi connectivity index (χ0v) is 10.2. The summed E-state index contributed by atoms with van der Waals surface area (Å²) in [5, 5.41) is 10.6. The lowest BCUT2D eigenvalue weighted by atomic mass is 10.1. The van der Waals surface area contributed by atoms with E-state index in [9.17, 15) is 19.5 Å². The third-order valence-corrected chi connectivity index (χ3v) is 2.61. The van der Waals surface area contributed by atoms with Gasteiger partial charge in [0.2, 0.25) is 0 Å². The van der Waals surface area contributed by atoms with Crippen molar-refractivity contribution in [3.8, 4) is 0 Å². The van der Waals surface area contributed by atoms with E-state index in [2.05, 4.69) is 5.43 Å². The quantitative estimate of drug-likeness (QED) is 0.767. The minimum atomic E-state index is -1.32. The lowest BCUT2D eigenvalue weighted by molar-refractivity contribution is -0.255. The second-order valence-corrected chi connectivity index (χ2v) is 3.93. The number of carbonyl (C=O) groups is 3. The number of carboxylic acid groups (broad SMARTS) is 1. The molecular weight excluding hydrogens is 262 g/mol. The Hall–Kier alpha value is -3.09. The molecule has 0 saturated carbocycles. The van der Waals surface area contributed by atoms with E-state index in [1.165, 1.54) is 41.2 Å². The number of aromatic carboxylic acids is 1. The average molecular weight is 272 g/mol. The molecule has 0 spiro atoms. The van der Waals surface area contributed by atoms with Crippen molar-refractivity contribution in [2.24, 2.45) is 5.73 Å². The molecule has 102 valence electrons. The summed E-state index contributed by atoms with van der Waals surface area (Å²) in [4.78, 5) is 33.6. The van der Waals surface area contributed by atoms with Crippen LogP contribution in [-0.2, 0) is 0 Å². The fourth-order valence-corrected chi connectivity index (χ4v) is 1.61. The molecule has 0 aliphatic heterocycles. The van der Waals surface area contributed by atoms with Crippen LogP contribution in [-0.4, -0.2) is 22.5 Å². The van der Waals surface area contributed by atoms with Gasteiger partial charge in [-0.25, -0.2) is 0 Å². The highest BCUT2D eigenvalue weighted by Crippen LogP contribution is 2.05. The predicted molar refractivity (Wildman–Crippen MR) is 67.4 cm³/mol. The Kier molecular flexibility index (Phi) is 3.52. The van der Waals surface area contributed by atoms with E-state index in [0.717, 1.165) is 0 Å². The number of nitrogens with zero attached hydrogens (tertiary/aromatic N) is 1. The summed E-state index contributed by atoms with van der Waals surface area (Å²) < 4.78 is 1.19. The largest absolute Gasteiger partial charge is 0.545 e. The lowest BCUT2D eigenvalue weighted by Crippen LogP contribution is -2.27. The Labute approximate surface area is 113 Å². The molecule has 2 aromatic rings. The molecule has 2 rings (SSSR count). The van der Waals surface area contributed by atoms with Crippen LogP contribution in [0, 0.1) is 0 Å². The molecule has 2 amide bonds. The average Bonchev–Trinajstić information content (AvgIpc) is 2.87. The van der Waals surface area contributed by atoms with Crippen molar-refractivity contribution in [1.82, 2.24) is 4.68 Å². The SMILES string of the molecule is NC(=O)c1cccn1NC(=O)c1ccc(C(=O)[O-])cc1. The molecule has 0 fully saturated rings. The van der Waals surface area contributed by atoms with Crippen molar-refractivity contribution in [3.05, 3.63) is 59.4 Å². The van der Waals surface area contributed by atoms with Crippen LogP contribution in [0.1, 0.15) is 31.2 Å². The molecule has 0 bridgehead atoms. The first-order chi connectivity index (χ1) is 9.49. The van der Waals surface area contributed by atoms with Crippen molar-refractivity contribution in [2.45, 2.75) is 0 Å². The van der Waals surface area contributed by atoms with Gasteiger partial charge in [-0.3, -0.25) is 19.7 Å². The zero-order valence-electron chi connectivity index (χ0n) is 10.2. The minimum Gasteiger partial charge on any atom is -0.545 e. The summed E-state index contributed by atoms with van der Waals surface area (Å²) in [6.07, 6.45) is 1.47. The number of amides is 2. The number of aromatic nitrogens is 1. The van der Waals surface area contributed by atoms with Gasteiger partial charge in [0, 0.05) is 11.8 Å². The second-order valence-electron chi connectivity index (χ2n) is 3.93. The molecule has 7 heteroatoms. The van der Waals surface area contributed by atoms with E-state index in [1.54, 1.807) is 6.07 Å². The first kappa shape index (κ1) is 13.3. The van der Waals surface area contributed by atoms with E-state index in [0.29, 0.717) is 0 Å².